The molecule has 0 saturated carbocycles. The van der Waals surface area contributed by atoms with E-state index >= 15 is 0 Å². The van der Waals surface area contributed by atoms with Crippen LogP contribution in [0.3, 0.4) is 0 Å². The highest BCUT2D eigenvalue weighted by molar-refractivity contribution is 7.10. The molecule has 1 saturated heterocycles. The number of ether oxygens (including phenoxy) is 1. The summed E-state index contributed by atoms with van der Waals surface area (Å²) in [5, 5.41) is 8.05. The van der Waals surface area contributed by atoms with Crippen LogP contribution in [0.1, 0.15) is 28.2 Å². The molecule has 1 aliphatic rings. The minimum absolute atomic E-state index is 0.0328. The van der Waals surface area contributed by atoms with Crippen LogP contribution in [0, 0.1) is 0 Å². The molecule has 6 nitrogen and oxygen atoms in total. The van der Waals surface area contributed by atoms with Gasteiger partial charge in [0, 0.05) is 23.7 Å². The monoisotopic (exact) mass is 373 g/mol. The molecule has 2 aromatic rings. The van der Waals surface area contributed by atoms with E-state index in [0.29, 0.717) is 37.6 Å². The van der Waals surface area contributed by atoms with Gasteiger partial charge in [-0.3, -0.25) is 9.59 Å². The van der Waals surface area contributed by atoms with E-state index in [0.717, 1.165) is 4.88 Å². The largest absolute Gasteiger partial charge is 0.378 e. The molecule has 1 aliphatic heterocycles. The lowest BCUT2D eigenvalue weighted by atomic mass is 10.1. The van der Waals surface area contributed by atoms with Crippen LogP contribution in [0.2, 0.25) is 0 Å². The molecule has 2 N–H and O–H groups in total. The molecule has 0 spiro atoms. The highest BCUT2D eigenvalue weighted by atomic mass is 32.1. The van der Waals surface area contributed by atoms with Crippen molar-refractivity contribution in [3.8, 4) is 0 Å². The van der Waals surface area contributed by atoms with E-state index in [-0.39, 0.29) is 24.4 Å². The van der Waals surface area contributed by atoms with Gasteiger partial charge in [-0.2, -0.15) is 0 Å². The van der Waals surface area contributed by atoms with Crippen LogP contribution in [0.5, 0.6) is 0 Å². The van der Waals surface area contributed by atoms with Gasteiger partial charge < -0.3 is 20.3 Å². The standard InChI is InChI=1S/C19H23N3O3S/c1-14(17-7-4-12-26-17)21-18(23)13-20-16-6-3-2-5-15(16)19(24)22-8-10-25-11-9-22/h2-7,12,14,20H,8-11,13H2,1H3,(H,21,23). The second-order valence-corrected chi connectivity index (χ2v) is 7.09. The van der Waals surface area contributed by atoms with Gasteiger partial charge in [-0.15, -0.1) is 11.3 Å². The van der Waals surface area contributed by atoms with Gasteiger partial charge in [-0.25, -0.2) is 0 Å². The number of benzene rings is 1. The average molecular weight is 373 g/mol. The summed E-state index contributed by atoms with van der Waals surface area (Å²) in [6, 6.07) is 11.2. The zero-order valence-corrected chi connectivity index (χ0v) is 15.6. The van der Waals surface area contributed by atoms with Crippen molar-refractivity contribution >= 4 is 28.8 Å². The first-order chi connectivity index (χ1) is 12.6. The van der Waals surface area contributed by atoms with Gasteiger partial charge >= 0.3 is 0 Å². The number of rotatable bonds is 6. The van der Waals surface area contributed by atoms with Crippen molar-refractivity contribution in [2.75, 3.05) is 38.2 Å². The van der Waals surface area contributed by atoms with Crippen molar-refractivity contribution in [2.45, 2.75) is 13.0 Å². The number of carbonyl (C=O) groups is 2. The van der Waals surface area contributed by atoms with E-state index in [1.165, 1.54) is 0 Å². The van der Waals surface area contributed by atoms with E-state index in [4.69, 9.17) is 4.74 Å². The lowest BCUT2D eigenvalue weighted by Gasteiger charge is -2.27. The summed E-state index contributed by atoms with van der Waals surface area (Å²) in [7, 11) is 0. The van der Waals surface area contributed by atoms with E-state index < -0.39 is 0 Å². The topological polar surface area (TPSA) is 70.7 Å². The van der Waals surface area contributed by atoms with Crippen LogP contribution in [0.15, 0.2) is 41.8 Å². The van der Waals surface area contributed by atoms with Gasteiger partial charge in [0.05, 0.1) is 31.4 Å². The molecular formula is C19H23N3O3S. The van der Waals surface area contributed by atoms with E-state index in [2.05, 4.69) is 10.6 Å². The van der Waals surface area contributed by atoms with Crippen LogP contribution in [-0.4, -0.2) is 49.6 Å². The van der Waals surface area contributed by atoms with Crippen molar-refractivity contribution in [3.63, 3.8) is 0 Å². The molecule has 2 amide bonds. The van der Waals surface area contributed by atoms with Gasteiger partial charge in [-0.05, 0) is 30.5 Å². The fourth-order valence-electron chi connectivity index (χ4n) is 2.84. The number of hydrogen-bond acceptors (Lipinski definition) is 5. The Morgan fingerprint density at radius 2 is 1.96 bits per heavy atom. The second kappa shape index (κ2) is 8.82. The molecule has 3 rings (SSSR count). The van der Waals surface area contributed by atoms with Crippen molar-refractivity contribution in [2.24, 2.45) is 0 Å². The normalized spacial score (nSPS) is 15.3. The lowest BCUT2D eigenvalue weighted by Crippen LogP contribution is -2.41. The molecule has 0 bridgehead atoms. The Hall–Kier alpha value is -2.38. The predicted molar refractivity (Wildman–Crippen MR) is 103 cm³/mol. The van der Waals surface area contributed by atoms with Crippen molar-refractivity contribution in [3.05, 3.63) is 52.2 Å². The van der Waals surface area contributed by atoms with Gasteiger partial charge in [0.15, 0.2) is 0 Å². The summed E-state index contributed by atoms with van der Waals surface area (Å²) in [4.78, 5) is 27.8. The summed E-state index contributed by atoms with van der Waals surface area (Å²) >= 11 is 1.61. The molecule has 1 atom stereocenters. The third-order valence-corrected chi connectivity index (χ3v) is 5.30. The fourth-order valence-corrected chi connectivity index (χ4v) is 3.57. The van der Waals surface area contributed by atoms with Crippen LogP contribution in [-0.2, 0) is 9.53 Å². The highest BCUT2D eigenvalue weighted by Crippen LogP contribution is 2.19. The predicted octanol–water partition coefficient (Wildman–Crippen LogP) is 2.51. The van der Waals surface area contributed by atoms with Crippen LogP contribution < -0.4 is 10.6 Å². The maximum absolute atomic E-state index is 12.7. The Morgan fingerprint density at radius 1 is 1.19 bits per heavy atom. The first-order valence-electron chi connectivity index (χ1n) is 8.68. The molecule has 7 heteroatoms. The van der Waals surface area contributed by atoms with Gasteiger partial charge in [-0.1, -0.05) is 18.2 Å². The minimum atomic E-state index is -0.112. The molecule has 2 heterocycles. The SMILES string of the molecule is CC(NC(=O)CNc1ccccc1C(=O)N1CCOCC1)c1cccs1. The van der Waals surface area contributed by atoms with Crippen molar-refractivity contribution in [1.29, 1.82) is 0 Å². The summed E-state index contributed by atoms with van der Waals surface area (Å²) in [5.41, 5.74) is 1.25. The van der Waals surface area contributed by atoms with Gasteiger partial charge in [0.25, 0.3) is 5.91 Å². The van der Waals surface area contributed by atoms with Crippen LogP contribution in [0.4, 0.5) is 5.69 Å². The summed E-state index contributed by atoms with van der Waals surface area (Å²) in [6.45, 7) is 4.37. The number of nitrogens with one attached hydrogen (secondary N) is 2. The molecule has 1 unspecified atom stereocenters. The van der Waals surface area contributed by atoms with Gasteiger partial charge in [0.2, 0.25) is 5.91 Å². The number of amides is 2. The molecule has 1 aromatic heterocycles. The Bertz CT molecular complexity index is 742. The number of hydrogen-bond donors (Lipinski definition) is 2. The smallest absolute Gasteiger partial charge is 0.256 e. The van der Waals surface area contributed by atoms with E-state index in [1.54, 1.807) is 22.3 Å². The van der Waals surface area contributed by atoms with Crippen LogP contribution >= 0.6 is 11.3 Å². The molecule has 1 fully saturated rings. The number of para-hydroxylation sites is 1. The Balaban J connectivity index is 1.59. The first kappa shape index (κ1) is 18.4. The number of carbonyl (C=O) groups excluding carboxylic acids is 2. The fraction of sp³-hybridized carbons (Fsp3) is 0.368. The Kier molecular flexibility index (Phi) is 6.25. The molecular weight excluding hydrogens is 350 g/mol. The summed E-state index contributed by atoms with van der Waals surface area (Å²) in [5.74, 6) is -0.150. The Morgan fingerprint density at radius 3 is 2.69 bits per heavy atom. The zero-order valence-electron chi connectivity index (χ0n) is 14.7. The molecule has 0 aliphatic carbocycles. The first-order valence-corrected chi connectivity index (χ1v) is 9.56. The van der Waals surface area contributed by atoms with E-state index in [9.17, 15) is 9.59 Å². The van der Waals surface area contributed by atoms with Gasteiger partial charge in [0.1, 0.15) is 0 Å². The lowest BCUT2D eigenvalue weighted by molar-refractivity contribution is -0.120. The quantitative estimate of drug-likeness (QED) is 0.816. The minimum Gasteiger partial charge on any atom is -0.378 e. The second-order valence-electron chi connectivity index (χ2n) is 6.11. The third kappa shape index (κ3) is 4.62. The van der Waals surface area contributed by atoms with E-state index in [1.807, 2.05) is 42.6 Å². The molecule has 0 radical (unpaired) electrons. The maximum Gasteiger partial charge on any atom is 0.256 e. The van der Waals surface area contributed by atoms with Crippen molar-refractivity contribution in [1.82, 2.24) is 10.2 Å². The molecule has 1 aromatic carbocycles. The third-order valence-electron chi connectivity index (χ3n) is 4.24. The molecule has 26 heavy (non-hydrogen) atoms. The number of thiophene rings is 1. The van der Waals surface area contributed by atoms with Crippen LogP contribution in [0.25, 0.3) is 0 Å². The summed E-state index contributed by atoms with van der Waals surface area (Å²) < 4.78 is 5.30. The molecule has 138 valence electrons. The zero-order chi connectivity index (χ0) is 18.4. The van der Waals surface area contributed by atoms with Crippen molar-refractivity contribution < 1.29 is 14.3 Å². The maximum atomic E-state index is 12.7. The number of nitrogens with zero attached hydrogens (tertiary/aromatic N) is 1. The summed E-state index contributed by atoms with van der Waals surface area (Å²) in [6.07, 6.45) is 0. The number of morpholine rings is 1. The highest BCUT2D eigenvalue weighted by Gasteiger charge is 2.21. The average Bonchev–Trinajstić information content (AvgIpc) is 3.22. The Labute approximate surface area is 157 Å². The number of anilines is 1.